The predicted octanol–water partition coefficient (Wildman–Crippen LogP) is 1.54. The van der Waals surface area contributed by atoms with E-state index in [1.807, 2.05) is 12.1 Å². The molecule has 0 unspecified atom stereocenters. The monoisotopic (exact) mass is 293 g/mol. The van der Waals surface area contributed by atoms with E-state index in [0.29, 0.717) is 28.5 Å². The molecule has 0 saturated carbocycles. The standard InChI is InChI=1S/C14H11N7O/c1-7-18-13(22-21-7)9-5-3-2-4-8(9)11-10(6-15)12(16)20-14(17)19-11/h2-5H,1H3,(H4,16,17,19,20). The van der Waals surface area contributed by atoms with E-state index in [4.69, 9.17) is 16.0 Å². The summed E-state index contributed by atoms with van der Waals surface area (Å²) in [5.41, 5.74) is 13.1. The van der Waals surface area contributed by atoms with E-state index in [1.54, 1.807) is 25.1 Å². The van der Waals surface area contributed by atoms with Gasteiger partial charge in [0, 0.05) is 11.1 Å². The first-order valence-corrected chi connectivity index (χ1v) is 6.33. The maximum Gasteiger partial charge on any atom is 0.258 e. The number of rotatable bonds is 2. The highest BCUT2D eigenvalue weighted by atomic mass is 16.5. The number of benzene rings is 1. The number of nitrogens with zero attached hydrogens (tertiary/aromatic N) is 5. The minimum atomic E-state index is -0.0111. The van der Waals surface area contributed by atoms with Crippen LogP contribution < -0.4 is 11.5 Å². The molecule has 22 heavy (non-hydrogen) atoms. The molecule has 0 aliphatic heterocycles. The number of hydrogen-bond donors (Lipinski definition) is 2. The zero-order valence-electron chi connectivity index (χ0n) is 11.6. The first-order chi connectivity index (χ1) is 10.6. The van der Waals surface area contributed by atoms with Crippen LogP contribution in [0.25, 0.3) is 22.7 Å². The van der Waals surface area contributed by atoms with Gasteiger partial charge in [-0.2, -0.15) is 15.2 Å². The fraction of sp³-hybridized carbons (Fsp3) is 0.0714. The van der Waals surface area contributed by atoms with Crippen LogP contribution in [0.3, 0.4) is 0 Å². The minimum absolute atomic E-state index is 0.0111. The molecule has 4 N–H and O–H groups in total. The lowest BCUT2D eigenvalue weighted by Crippen LogP contribution is -2.05. The highest BCUT2D eigenvalue weighted by Crippen LogP contribution is 2.33. The molecule has 8 nitrogen and oxygen atoms in total. The SMILES string of the molecule is Cc1noc(-c2ccccc2-c2nc(N)nc(N)c2C#N)n1. The minimum Gasteiger partial charge on any atom is -0.382 e. The lowest BCUT2D eigenvalue weighted by molar-refractivity contribution is 0.426. The third-order valence-corrected chi connectivity index (χ3v) is 3.01. The second kappa shape index (κ2) is 5.14. The van der Waals surface area contributed by atoms with Gasteiger partial charge in [0.25, 0.3) is 5.89 Å². The van der Waals surface area contributed by atoms with Crippen molar-refractivity contribution in [2.75, 3.05) is 11.5 Å². The Morgan fingerprint density at radius 2 is 1.82 bits per heavy atom. The molecule has 8 heteroatoms. The lowest BCUT2D eigenvalue weighted by atomic mass is 10.0. The lowest BCUT2D eigenvalue weighted by Gasteiger charge is -2.09. The maximum atomic E-state index is 9.31. The Hall–Kier alpha value is -3.47. The molecule has 0 spiro atoms. The van der Waals surface area contributed by atoms with Crippen LogP contribution in [0.1, 0.15) is 11.4 Å². The Labute approximate surface area is 125 Å². The summed E-state index contributed by atoms with van der Waals surface area (Å²) in [7, 11) is 0. The van der Waals surface area contributed by atoms with Crippen LogP contribution in [0.15, 0.2) is 28.8 Å². The van der Waals surface area contributed by atoms with Gasteiger partial charge in [-0.1, -0.05) is 23.4 Å². The van der Waals surface area contributed by atoms with Crippen molar-refractivity contribution in [3.8, 4) is 28.8 Å². The van der Waals surface area contributed by atoms with Gasteiger partial charge >= 0.3 is 0 Å². The van der Waals surface area contributed by atoms with Gasteiger partial charge < -0.3 is 16.0 Å². The van der Waals surface area contributed by atoms with Crippen molar-refractivity contribution in [1.82, 2.24) is 20.1 Å². The number of nitrogen functional groups attached to an aromatic ring is 2. The van der Waals surface area contributed by atoms with Crippen molar-refractivity contribution in [1.29, 1.82) is 5.26 Å². The number of aromatic nitrogens is 4. The van der Waals surface area contributed by atoms with E-state index in [1.165, 1.54) is 0 Å². The molecule has 0 radical (unpaired) electrons. The molecule has 3 rings (SSSR count). The number of hydrogen-bond acceptors (Lipinski definition) is 8. The van der Waals surface area contributed by atoms with Crippen molar-refractivity contribution in [2.24, 2.45) is 0 Å². The number of nitrogens with two attached hydrogens (primary N) is 2. The number of nitriles is 1. The summed E-state index contributed by atoms with van der Waals surface area (Å²) < 4.78 is 5.20. The molecule has 0 aliphatic rings. The average Bonchev–Trinajstić information content (AvgIpc) is 2.93. The van der Waals surface area contributed by atoms with Gasteiger partial charge in [-0.15, -0.1) is 0 Å². The molecule has 0 amide bonds. The van der Waals surface area contributed by atoms with Crippen LogP contribution in [-0.2, 0) is 0 Å². The summed E-state index contributed by atoms with van der Waals surface area (Å²) in [5.74, 6) is 0.851. The zero-order valence-corrected chi connectivity index (χ0v) is 11.6. The van der Waals surface area contributed by atoms with Crippen molar-refractivity contribution < 1.29 is 4.52 Å². The van der Waals surface area contributed by atoms with Crippen molar-refractivity contribution >= 4 is 11.8 Å². The van der Waals surface area contributed by atoms with Gasteiger partial charge in [-0.25, -0.2) is 4.98 Å². The van der Waals surface area contributed by atoms with Crippen molar-refractivity contribution in [3.05, 3.63) is 35.7 Å². The van der Waals surface area contributed by atoms with Gasteiger partial charge in [0.05, 0.1) is 5.69 Å². The molecule has 2 aromatic heterocycles. The van der Waals surface area contributed by atoms with E-state index >= 15 is 0 Å². The quantitative estimate of drug-likeness (QED) is 0.724. The molecular formula is C14H11N7O. The Bertz CT molecular complexity index is 894. The van der Waals surface area contributed by atoms with Gasteiger partial charge in [-0.3, -0.25) is 0 Å². The Morgan fingerprint density at radius 3 is 2.45 bits per heavy atom. The zero-order chi connectivity index (χ0) is 15.7. The second-order valence-corrected chi connectivity index (χ2v) is 4.49. The number of anilines is 2. The largest absolute Gasteiger partial charge is 0.382 e. The molecule has 0 fully saturated rings. The second-order valence-electron chi connectivity index (χ2n) is 4.49. The average molecular weight is 293 g/mol. The highest BCUT2D eigenvalue weighted by molar-refractivity contribution is 5.83. The van der Waals surface area contributed by atoms with Crippen LogP contribution in [-0.4, -0.2) is 20.1 Å². The molecule has 0 aliphatic carbocycles. The third-order valence-electron chi connectivity index (χ3n) is 3.01. The van der Waals surface area contributed by atoms with Gasteiger partial charge in [0.2, 0.25) is 5.95 Å². The highest BCUT2D eigenvalue weighted by Gasteiger charge is 2.19. The molecule has 0 bridgehead atoms. The molecule has 108 valence electrons. The summed E-state index contributed by atoms with van der Waals surface area (Å²) >= 11 is 0. The van der Waals surface area contributed by atoms with Crippen molar-refractivity contribution in [3.63, 3.8) is 0 Å². The van der Waals surface area contributed by atoms with Gasteiger partial charge in [0.1, 0.15) is 17.5 Å². The van der Waals surface area contributed by atoms with E-state index < -0.39 is 0 Å². The Kier molecular flexibility index (Phi) is 3.16. The summed E-state index contributed by atoms with van der Waals surface area (Å²) in [4.78, 5) is 12.2. The maximum absolute atomic E-state index is 9.31. The van der Waals surface area contributed by atoms with Gasteiger partial charge in [0.15, 0.2) is 5.82 Å². The van der Waals surface area contributed by atoms with Crippen LogP contribution >= 0.6 is 0 Å². The predicted molar refractivity (Wildman–Crippen MR) is 79.0 cm³/mol. The van der Waals surface area contributed by atoms with Gasteiger partial charge in [-0.05, 0) is 13.0 Å². The third kappa shape index (κ3) is 2.20. The molecular weight excluding hydrogens is 282 g/mol. The molecule has 0 saturated heterocycles. The fourth-order valence-electron chi connectivity index (χ4n) is 2.08. The van der Waals surface area contributed by atoms with E-state index in [-0.39, 0.29) is 17.3 Å². The molecule has 0 atom stereocenters. The molecule has 1 aromatic carbocycles. The van der Waals surface area contributed by atoms with Crippen molar-refractivity contribution in [2.45, 2.75) is 6.92 Å². The summed E-state index contributed by atoms with van der Waals surface area (Å²) in [6, 6.07) is 9.19. The van der Waals surface area contributed by atoms with Crippen LogP contribution in [0.2, 0.25) is 0 Å². The summed E-state index contributed by atoms with van der Waals surface area (Å²) in [6.45, 7) is 1.72. The van der Waals surface area contributed by atoms with E-state index in [0.717, 1.165) is 0 Å². The molecule has 2 heterocycles. The van der Waals surface area contributed by atoms with Crippen LogP contribution in [0, 0.1) is 18.3 Å². The fourth-order valence-corrected chi connectivity index (χ4v) is 2.08. The topological polar surface area (TPSA) is 141 Å². The Balaban J connectivity index is 2.29. The molecule has 3 aromatic rings. The first kappa shape index (κ1) is 13.5. The summed E-state index contributed by atoms with van der Waals surface area (Å²) in [5, 5.41) is 13.1. The van der Waals surface area contributed by atoms with Crippen LogP contribution in [0.4, 0.5) is 11.8 Å². The summed E-state index contributed by atoms with van der Waals surface area (Å²) in [6.07, 6.45) is 0. The Morgan fingerprint density at radius 1 is 1.09 bits per heavy atom. The van der Waals surface area contributed by atoms with E-state index in [9.17, 15) is 5.26 Å². The van der Waals surface area contributed by atoms with Crippen LogP contribution in [0.5, 0.6) is 0 Å². The normalized spacial score (nSPS) is 10.4. The number of aryl methyl sites for hydroxylation is 1. The van der Waals surface area contributed by atoms with E-state index in [2.05, 4.69) is 20.1 Å². The smallest absolute Gasteiger partial charge is 0.258 e. The first-order valence-electron chi connectivity index (χ1n) is 6.33.